The molecule has 1 atom stereocenters. The molecule has 2 heterocycles. The van der Waals surface area contributed by atoms with Crippen LogP contribution < -0.4 is 29.1 Å². The molecule has 7 rings (SSSR count). The maximum atomic E-state index is 14.2. The molecule has 0 spiro atoms. The van der Waals surface area contributed by atoms with Crippen molar-refractivity contribution < 1.29 is 14.2 Å². The number of aromatic nitrogens is 1. The number of halogens is 1. The van der Waals surface area contributed by atoms with E-state index in [-0.39, 0.29) is 11.6 Å². The minimum Gasteiger partial charge on any atom is -0.497 e. The third kappa shape index (κ3) is 5.26. The fraction of sp³-hybridized carbons (Fsp3) is 0.167. The molecular formula is C36H29IN2O4S. The summed E-state index contributed by atoms with van der Waals surface area (Å²) in [6, 6.07) is 30.2. The van der Waals surface area contributed by atoms with Crippen LogP contribution in [-0.2, 0) is 13.0 Å². The van der Waals surface area contributed by atoms with E-state index in [0.29, 0.717) is 27.4 Å². The Kier molecular flexibility index (Phi) is 7.86. The topological polar surface area (TPSA) is 62.0 Å². The van der Waals surface area contributed by atoms with E-state index in [2.05, 4.69) is 59.0 Å². The first-order valence-electron chi connectivity index (χ1n) is 14.4. The largest absolute Gasteiger partial charge is 0.497 e. The molecule has 0 bridgehead atoms. The fourth-order valence-corrected chi connectivity index (χ4v) is 7.73. The Labute approximate surface area is 272 Å². The SMILES string of the molecule is COc1ccc([C@H]2C3=C(N=c4s/c(=C\c5cc(I)c(OCc6ccccc6)c(OC)c5)c(=O)n42)c2ccccc2CC3)cc1. The Hall–Kier alpha value is -4.15. The van der Waals surface area contributed by atoms with Gasteiger partial charge in [-0.05, 0) is 93.6 Å². The number of rotatable bonds is 7. The van der Waals surface area contributed by atoms with Gasteiger partial charge >= 0.3 is 0 Å². The highest BCUT2D eigenvalue weighted by molar-refractivity contribution is 14.1. The van der Waals surface area contributed by atoms with Gasteiger partial charge in [-0.3, -0.25) is 9.36 Å². The van der Waals surface area contributed by atoms with E-state index in [0.717, 1.165) is 50.1 Å². The summed E-state index contributed by atoms with van der Waals surface area (Å²) in [5.74, 6) is 2.08. The molecule has 1 aromatic heterocycles. The molecule has 220 valence electrons. The maximum Gasteiger partial charge on any atom is 0.271 e. The van der Waals surface area contributed by atoms with E-state index in [9.17, 15) is 4.79 Å². The van der Waals surface area contributed by atoms with E-state index in [4.69, 9.17) is 19.2 Å². The van der Waals surface area contributed by atoms with E-state index in [1.807, 2.05) is 65.2 Å². The zero-order valence-electron chi connectivity index (χ0n) is 24.2. The molecule has 1 aliphatic carbocycles. The lowest BCUT2D eigenvalue weighted by molar-refractivity contribution is 0.282. The zero-order chi connectivity index (χ0) is 30.2. The molecule has 0 fully saturated rings. The molecule has 0 saturated heterocycles. The van der Waals surface area contributed by atoms with Crippen LogP contribution in [0.4, 0.5) is 0 Å². The van der Waals surface area contributed by atoms with E-state index < -0.39 is 0 Å². The van der Waals surface area contributed by atoms with Crippen molar-refractivity contribution in [2.45, 2.75) is 25.5 Å². The summed E-state index contributed by atoms with van der Waals surface area (Å²) in [6.45, 7) is 0.435. The number of hydrogen-bond acceptors (Lipinski definition) is 6. The van der Waals surface area contributed by atoms with Gasteiger partial charge in [0.15, 0.2) is 16.3 Å². The molecule has 0 saturated carbocycles. The maximum absolute atomic E-state index is 14.2. The predicted molar refractivity (Wildman–Crippen MR) is 182 cm³/mol. The number of thiazole rings is 1. The van der Waals surface area contributed by atoms with Gasteiger partial charge < -0.3 is 14.2 Å². The molecule has 6 nitrogen and oxygen atoms in total. The third-order valence-corrected chi connectivity index (χ3v) is 9.86. The van der Waals surface area contributed by atoms with Crippen LogP contribution in [0.3, 0.4) is 0 Å². The molecule has 44 heavy (non-hydrogen) atoms. The number of hydrogen-bond donors (Lipinski definition) is 0. The quantitative estimate of drug-likeness (QED) is 0.181. The van der Waals surface area contributed by atoms with Crippen molar-refractivity contribution in [1.29, 1.82) is 0 Å². The molecule has 0 unspecified atom stereocenters. The molecular weight excluding hydrogens is 683 g/mol. The highest BCUT2D eigenvalue weighted by Crippen LogP contribution is 2.41. The van der Waals surface area contributed by atoms with Crippen molar-refractivity contribution in [3.63, 3.8) is 0 Å². The van der Waals surface area contributed by atoms with E-state index in [1.165, 1.54) is 22.5 Å². The highest BCUT2D eigenvalue weighted by Gasteiger charge is 2.32. The number of ether oxygens (including phenoxy) is 3. The van der Waals surface area contributed by atoms with Gasteiger partial charge in [0, 0.05) is 5.56 Å². The number of methoxy groups -OCH3 is 2. The summed E-state index contributed by atoms with van der Waals surface area (Å²) < 4.78 is 20.7. The van der Waals surface area contributed by atoms with Gasteiger partial charge in [-0.15, -0.1) is 0 Å². The van der Waals surface area contributed by atoms with Crippen LogP contribution in [0.15, 0.2) is 106 Å². The van der Waals surface area contributed by atoms with Gasteiger partial charge in [0.05, 0.1) is 34.1 Å². The summed E-state index contributed by atoms with van der Waals surface area (Å²) in [5, 5.41) is 0. The Morgan fingerprint density at radius 2 is 1.73 bits per heavy atom. The average molecular weight is 713 g/mol. The fourth-order valence-electron chi connectivity index (χ4n) is 5.95. The Morgan fingerprint density at radius 1 is 0.955 bits per heavy atom. The van der Waals surface area contributed by atoms with Crippen molar-refractivity contribution >= 4 is 45.7 Å². The smallest absolute Gasteiger partial charge is 0.271 e. The van der Waals surface area contributed by atoms with Crippen LogP contribution in [0.25, 0.3) is 11.8 Å². The lowest BCUT2D eigenvalue weighted by atomic mass is 9.83. The number of allylic oxidation sites excluding steroid dienone is 1. The van der Waals surface area contributed by atoms with Crippen LogP contribution in [0.5, 0.6) is 17.2 Å². The second-order valence-corrected chi connectivity index (χ2v) is 12.9. The van der Waals surface area contributed by atoms with Crippen LogP contribution in [0.2, 0.25) is 0 Å². The van der Waals surface area contributed by atoms with Crippen molar-refractivity contribution in [3.05, 3.63) is 148 Å². The summed E-state index contributed by atoms with van der Waals surface area (Å²) in [4.78, 5) is 20.0. The van der Waals surface area contributed by atoms with Crippen LogP contribution in [-0.4, -0.2) is 18.8 Å². The molecule has 0 amide bonds. The zero-order valence-corrected chi connectivity index (χ0v) is 27.2. The average Bonchev–Trinajstić information content (AvgIpc) is 3.37. The summed E-state index contributed by atoms with van der Waals surface area (Å²) in [5.41, 5.74) is 7.51. The summed E-state index contributed by atoms with van der Waals surface area (Å²) in [6.07, 6.45) is 3.69. The lowest BCUT2D eigenvalue weighted by Gasteiger charge is -2.30. The summed E-state index contributed by atoms with van der Waals surface area (Å²) in [7, 11) is 3.30. The minimum atomic E-state index is -0.244. The molecule has 0 N–H and O–H groups in total. The Balaban J connectivity index is 1.34. The molecule has 8 heteroatoms. The summed E-state index contributed by atoms with van der Waals surface area (Å²) >= 11 is 3.68. The first kappa shape index (κ1) is 28.6. The van der Waals surface area contributed by atoms with Gasteiger partial charge in [0.1, 0.15) is 12.4 Å². The van der Waals surface area contributed by atoms with Crippen molar-refractivity contribution in [2.75, 3.05) is 14.2 Å². The van der Waals surface area contributed by atoms with Gasteiger partial charge in [0.2, 0.25) is 0 Å². The Morgan fingerprint density at radius 3 is 2.50 bits per heavy atom. The van der Waals surface area contributed by atoms with E-state index in [1.54, 1.807) is 14.2 Å². The Bertz CT molecular complexity index is 2080. The van der Waals surface area contributed by atoms with Crippen molar-refractivity contribution in [3.8, 4) is 17.2 Å². The van der Waals surface area contributed by atoms with Crippen molar-refractivity contribution in [2.24, 2.45) is 4.99 Å². The minimum absolute atomic E-state index is 0.0571. The van der Waals surface area contributed by atoms with Crippen LogP contribution in [0.1, 0.15) is 40.3 Å². The first-order valence-corrected chi connectivity index (χ1v) is 16.2. The van der Waals surface area contributed by atoms with Gasteiger partial charge in [-0.2, -0.15) is 0 Å². The molecule has 2 aliphatic rings. The first-order chi connectivity index (χ1) is 21.5. The van der Waals surface area contributed by atoms with Gasteiger partial charge in [0.25, 0.3) is 5.56 Å². The predicted octanol–water partition coefficient (Wildman–Crippen LogP) is 6.52. The number of aryl methyl sites for hydroxylation is 1. The van der Waals surface area contributed by atoms with Crippen LogP contribution >= 0.6 is 33.9 Å². The van der Waals surface area contributed by atoms with E-state index >= 15 is 0 Å². The standard InChI is InChI=1S/C36H29IN2O4S/c1-41-26-15-12-25(13-16-26)33-28-17-14-24-10-6-7-11-27(24)32(28)38-36-39(33)35(40)31(44-36)20-23-18-29(37)34(30(19-23)42-2)43-21-22-8-4-3-5-9-22/h3-13,15-16,18-20,33H,14,17,21H2,1-2H3/b31-20-/t33-/m0/s1. The van der Waals surface area contributed by atoms with Gasteiger partial charge in [-0.1, -0.05) is 78.1 Å². The molecule has 0 radical (unpaired) electrons. The lowest BCUT2D eigenvalue weighted by Crippen LogP contribution is -2.38. The normalized spacial score (nSPS) is 15.6. The molecule has 5 aromatic rings. The van der Waals surface area contributed by atoms with Gasteiger partial charge in [-0.25, -0.2) is 4.99 Å². The molecule has 4 aromatic carbocycles. The number of benzene rings is 4. The number of nitrogens with zero attached hydrogens (tertiary/aromatic N) is 2. The molecule has 1 aliphatic heterocycles. The van der Waals surface area contributed by atoms with Crippen molar-refractivity contribution in [1.82, 2.24) is 4.57 Å². The third-order valence-electron chi connectivity index (χ3n) is 8.08. The second kappa shape index (κ2) is 12.1. The highest BCUT2D eigenvalue weighted by atomic mass is 127. The van der Waals surface area contributed by atoms with Crippen LogP contribution in [0, 0.1) is 3.57 Å². The second-order valence-electron chi connectivity index (χ2n) is 10.7. The monoisotopic (exact) mass is 712 g/mol. The number of fused-ring (bicyclic) bond motifs is 3.